The smallest absolute Gasteiger partial charge is 0.337 e. The Bertz CT molecular complexity index is 1650. The Morgan fingerprint density at radius 1 is 1.03 bits per heavy atom. The van der Waals surface area contributed by atoms with Gasteiger partial charge in [-0.3, -0.25) is 4.31 Å². The summed E-state index contributed by atoms with van der Waals surface area (Å²) >= 11 is 0. The lowest BCUT2D eigenvalue weighted by Gasteiger charge is -2.25. The average molecular weight is 550 g/mol. The van der Waals surface area contributed by atoms with E-state index in [2.05, 4.69) is 4.98 Å². The summed E-state index contributed by atoms with van der Waals surface area (Å²) in [5.74, 6) is -0.611. The SMILES string of the molecule is COC(=O)c1ccc2c(C(=Nc3ccc(N(CCN(C)C)S(C)(=O)=O)c(N)c3)c3ccccc3)c(O)[nH]c2c1. The maximum absolute atomic E-state index is 12.5. The summed E-state index contributed by atoms with van der Waals surface area (Å²) in [6.45, 7) is 0.757. The molecule has 1 heterocycles. The van der Waals surface area contributed by atoms with E-state index < -0.39 is 16.0 Å². The molecule has 204 valence electrons. The number of methoxy groups -OCH3 is 1. The zero-order valence-electron chi connectivity index (χ0n) is 22.2. The highest BCUT2D eigenvalue weighted by Crippen LogP contribution is 2.34. The third-order valence-electron chi connectivity index (χ3n) is 6.16. The standard InChI is InChI=1S/C28H31N5O5S/c1-32(2)14-15-33(39(4,36)37)24-13-11-20(17-22(24)29)30-26(18-8-6-5-7-9-18)25-21-12-10-19(28(35)38-3)16-23(21)31-27(25)34/h5-13,16-17,31,34H,14-15,29H2,1-4H3. The minimum atomic E-state index is -3.57. The van der Waals surface area contributed by atoms with Crippen molar-refractivity contribution in [2.75, 3.05) is 50.6 Å². The minimum absolute atomic E-state index is 0.119. The zero-order valence-corrected chi connectivity index (χ0v) is 23.0. The van der Waals surface area contributed by atoms with Crippen LogP contribution in [0.5, 0.6) is 5.88 Å². The first-order valence-corrected chi connectivity index (χ1v) is 13.9. The van der Waals surface area contributed by atoms with Gasteiger partial charge in [0.1, 0.15) is 0 Å². The molecule has 4 N–H and O–H groups in total. The summed E-state index contributed by atoms with van der Waals surface area (Å²) in [4.78, 5) is 21.7. The minimum Gasteiger partial charge on any atom is -0.494 e. The molecule has 1 aromatic heterocycles. The molecule has 0 spiro atoms. The van der Waals surface area contributed by atoms with Gasteiger partial charge in [-0.25, -0.2) is 18.2 Å². The number of nitrogens with zero attached hydrogens (tertiary/aromatic N) is 3. The van der Waals surface area contributed by atoms with Crippen molar-refractivity contribution in [1.82, 2.24) is 9.88 Å². The molecule has 0 bridgehead atoms. The number of aromatic hydroxyl groups is 1. The Labute approximate surface area is 227 Å². The molecule has 10 nitrogen and oxygen atoms in total. The number of aliphatic imine (C=N–C) groups is 1. The topological polar surface area (TPSA) is 141 Å². The Morgan fingerprint density at radius 3 is 2.36 bits per heavy atom. The Morgan fingerprint density at radius 2 is 1.74 bits per heavy atom. The molecule has 39 heavy (non-hydrogen) atoms. The van der Waals surface area contributed by atoms with Crippen LogP contribution >= 0.6 is 0 Å². The number of aromatic amines is 1. The molecule has 0 aliphatic heterocycles. The molecule has 0 aliphatic rings. The van der Waals surface area contributed by atoms with Gasteiger partial charge in [0, 0.05) is 29.6 Å². The zero-order chi connectivity index (χ0) is 28.3. The van der Waals surface area contributed by atoms with E-state index in [4.69, 9.17) is 15.5 Å². The fraction of sp³-hybridized carbons (Fsp3) is 0.214. The van der Waals surface area contributed by atoms with Crippen LogP contribution in [0.1, 0.15) is 21.5 Å². The van der Waals surface area contributed by atoms with E-state index in [0.29, 0.717) is 45.7 Å². The highest BCUT2D eigenvalue weighted by molar-refractivity contribution is 7.92. The molecule has 3 aromatic carbocycles. The predicted molar refractivity (Wildman–Crippen MR) is 155 cm³/mol. The first-order valence-electron chi connectivity index (χ1n) is 12.1. The van der Waals surface area contributed by atoms with Crippen molar-refractivity contribution in [1.29, 1.82) is 0 Å². The molecule has 0 atom stereocenters. The van der Waals surface area contributed by atoms with E-state index in [0.717, 1.165) is 11.8 Å². The van der Waals surface area contributed by atoms with Crippen molar-refractivity contribution in [2.45, 2.75) is 0 Å². The third-order valence-corrected chi connectivity index (χ3v) is 7.34. The van der Waals surface area contributed by atoms with E-state index >= 15 is 0 Å². The number of esters is 1. The molecule has 4 aromatic rings. The number of ether oxygens (including phenoxy) is 1. The number of fused-ring (bicyclic) bond motifs is 1. The van der Waals surface area contributed by atoms with Gasteiger partial charge in [-0.1, -0.05) is 36.4 Å². The van der Waals surface area contributed by atoms with Gasteiger partial charge in [0.15, 0.2) is 5.88 Å². The number of rotatable bonds is 9. The molecule has 11 heteroatoms. The van der Waals surface area contributed by atoms with Gasteiger partial charge in [-0.15, -0.1) is 0 Å². The number of nitrogens with one attached hydrogen (secondary N) is 1. The van der Waals surface area contributed by atoms with Crippen molar-refractivity contribution in [3.63, 3.8) is 0 Å². The third kappa shape index (κ3) is 6.05. The maximum atomic E-state index is 12.5. The van der Waals surface area contributed by atoms with Crippen LogP contribution in [-0.4, -0.2) is 75.6 Å². The van der Waals surface area contributed by atoms with Crippen LogP contribution in [-0.2, 0) is 14.8 Å². The van der Waals surface area contributed by atoms with Gasteiger partial charge >= 0.3 is 5.97 Å². The Kier molecular flexibility index (Phi) is 7.93. The van der Waals surface area contributed by atoms with Gasteiger partial charge in [-0.2, -0.15) is 0 Å². The number of benzene rings is 3. The summed E-state index contributed by atoms with van der Waals surface area (Å²) in [6, 6.07) is 19.2. The predicted octanol–water partition coefficient (Wildman–Crippen LogP) is 3.74. The van der Waals surface area contributed by atoms with Crippen LogP contribution in [0.25, 0.3) is 10.9 Å². The average Bonchev–Trinajstić information content (AvgIpc) is 3.22. The molecule has 4 rings (SSSR count). The van der Waals surface area contributed by atoms with Gasteiger partial charge in [0.25, 0.3) is 0 Å². The van der Waals surface area contributed by atoms with E-state index in [9.17, 15) is 18.3 Å². The molecule has 0 amide bonds. The Balaban J connectivity index is 1.84. The number of nitrogen functional groups attached to an aromatic ring is 1. The summed E-state index contributed by atoms with van der Waals surface area (Å²) in [7, 11) is 1.46. The summed E-state index contributed by atoms with van der Waals surface area (Å²) in [5.41, 5.74) is 9.94. The highest BCUT2D eigenvalue weighted by atomic mass is 32.2. The number of aromatic nitrogens is 1. The largest absolute Gasteiger partial charge is 0.494 e. The van der Waals surface area contributed by atoms with Crippen molar-refractivity contribution in [3.8, 4) is 5.88 Å². The molecular formula is C28H31N5O5S. The Hall–Kier alpha value is -4.35. The van der Waals surface area contributed by atoms with Crippen molar-refractivity contribution < 1.29 is 23.1 Å². The number of H-pyrrole nitrogens is 1. The molecule has 0 unspecified atom stereocenters. The van der Waals surface area contributed by atoms with Crippen LogP contribution < -0.4 is 10.0 Å². The van der Waals surface area contributed by atoms with E-state index in [1.54, 1.807) is 36.4 Å². The van der Waals surface area contributed by atoms with Crippen molar-refractivity contribution in [3.05, 3.63) is 83.4 Å². The lowest BCUT2D eigenvalue weighted by atomic mass is 10.00. The lowest BCUT2D eigenvalue weighted by Crippen LogP contribution is -2.36. The summed E-state index contributed by atoms with van der Waals surface area (Å²) in [5, 5.41) is 11.6. The summed E-state index contributed by atoms with van der Waals surface area (Å²) < 4.78 is 31.1. The summed E-state index contributed by atoms with van der Waals surface area (Å²) in [6.07, 6.45) is 1.15. The lowest BCUT2D eigenvalue weighted by molar-refractivity contribution is 0.0601. The number of carbonyl (C=O) groups excluding carboxylic acids is 1. The van der Waals surface area contributed by atoms with E-state index in [1.165, 1.54) is 11.4 Å². The monoisotopic (exact) mass is 549 g/mol. The normalized spacial score (nSPS) is 12.2. The van der Waals surface area contributed by atoms with Gasteiger partial charge in [0.2, 0.25) is 10.0 Å². The highest BCUT2D eigenvalue weighted by Gasteiger charge is 2.22. The number of anilines is 2. The number of likely N-dealkylation sites (N-methyl/N-ethyl adjacent to an activating group) is 1. The second-order valence-electron chi connectivity index (χ2n) is 9.31. The molecule has 0 aliphatic carbocycles. The number of carbonyl (C=O) groups is 1. The second kappa shape index (κ2) is 11.2. The van der Waals surface area contributed by atoms with Crippen molar-refractivity contribution in [2.24, 2.45) is 4.99 Å². The first-order chi connectivity index (χ1) is 18.5. The second-order valence-corrected chi connectivity index (χ2v) is 11.2. The van der Waals surface area contributed by atoms with Gasteiger partial charge < -0.3 is 25.5 Å². The number of sulfonamides is 1. The van der Waals surface area contributed by atoms with E-state index in [1.807, 2.05) is 49.3 Å². The van der Waals surface area contributed by atoms with Crippen molar-refractivity contribution >= 4 is 49.7 Å². The van der Waals surface area contributed by atoms with E-state index in [-0.39, 0.29) is 18.1 Å². The van der Waals surface area contributed by atoms with Crippen LogP contribution in [0.15, 0.2) is 71.7 Å². The molecule has 0 radical (unpaired) electrons. The number of nitrogens with two attached hydrogens (primary N) is 1. The molecule has 0 fully saturated rings. The molecular weight excluding hydrogens is 518 g/mol. The maximum Gasteiger partial charge on any atom is 0.337 e. The van der Waals surface area contributed by atoms with Crippen LogP contribution in [0.2, 0.25) is 0 Å². The fourth-order valence-corrected chi connectivity index (χ4v) is 5.19. The van der Waals surface area contributed by atoms with Crippen LogP contribution in [0.3, 0.4) is 0 Å². The van der Waals surface area contributed by atoms with Crippen LogP contribution in [0.4, 0.5) is 17.1 Å². The van der Waals surface area contributed by atoms with Gasteiger partial charge in [-0.05, 0) is 44.4 Å². The molecule has 0 saturated carbocycles. The molecule has 0 saturated heterocycles. The van der Waals surface area contributed by atoms with Crippen LogP contribution in [0, 0.1) is 0 Å². The first kappa shape index (κ1) is 27.7. The van der Waals surface area contributed by atoms with Gasteiger partial charge in [0.05, 0.1) is 47.3 Å². The number of hydrogen-bond acceptors (Lipinski definition) is 8. The quantitative estimate of drug-likeness (QED) is 0.164. The fourth-order valence-electron chi connectivity index (χ4n) is 4.25. The number of hydrogen-bond donors (Lipinski definition) is 3.